The molecule has 4 nitrogen and oxygen atoms in total. The van der Waals surface area contributed by atoms with E-state index in [1.54, 1.807) is 0 Å². The summed E-state index contributed by atoms with van der Waals surface area (Å²) in [7, 11) is 0. The number of amides is 1. The van der Waals surface area contributed by atoms with Gasteiger partial charge in [-0.3, -0.25) is 4.79 Å². The lowest BCUT2D eigenvalue weighted by Gasteiger charge is -2.15. The van der Waals surface area contributed by atoms with Gasteiger partial charge in [-0.1, -0.05) is 60.7 Å². The van der Waals surface area contributed by atoms with Crippen LogP contribution in [-0.2, 0) is 11.4 Å². The molecule has 138 valence electrons. The summed E-state index contributed by atoms with van der Waals surface area (Å²) in [6.07, 6.45) is 0. The van der Waals surface area contributed by atoms with Crippen molar-refractivity contribution in [3.63, 3.8) is 0 Å². The summed E-state index contributed by atoms with van der Waals surface area (Å²) >= 11 is 0. The number of ether oxygens (including phenoxy) is 1. The van der Waals surface area contributed by atoms with Gasteiger partial charge in [-0.15, -0.1) is 0 Å². The molecule has 0 aromatic heterocycles. The molecule has 0 fully saturated rings. The van der Waals surface area contributed by atoms with Gasteiger partial charge in [-0.2, -0.15) is 0 Å². The van der Waals surface area contributed by atoms with Crippen molar-refractivity contribution in [2.45, 2.75) is 20.5 Å². The van der Waals surface area contributed by atoms with Gasteiger partial charge in [0.2, 0.25) is 5.91 Å². The highest BCUT2D eigenvalue weighted by Crippen LogP contribution is 2.25. The van der Waals surface area contributed by atoms with E-state index in [-0.39, 0.29) is 12.5 Å². The van der Waals surface area contributed by atoms with Crippen LogP contribution in [-0.4, -0.2) is 12.5 Å². The molecule has 1 amide bonds. The molecule has 0 atom stereocenters. The molecule has 0 spiro atoms. The maximum absolute atomic E-state index is 12.4. The van der Waals surface area contributed by atoms with Gasteiger partial charge in [0.25, 0.3) is 0 Å². The number of para-hydroxylation sites is 3. The van der Waals surface area contributed by atoms with E-state index in [1.165, 1.54) is 0 Å². The molecule has 0 saturated heterocycles. The van der Waals surface area contributed by atoms with Crippen LogP contribution >= 0.6 is 0 Å². The summed E-state index contributed by atoms with van der Waals surface area (Å²) in [6.45, 7) is 4.70. The highest BCUT2D eigenvalue weighted by atomic mass is 16.5. The van der Waals surface area contributed by atoms with Crippen molar-refractivity contribution in [1.82, 2.24) is 0 Å². The molecule has 0 unspecified atom stereocenters. The van der Waals surface area contributed by atoms with Crippen LogP contribution in [0.3, 0.4) is 0 Å². The third-order valence-corrected chi connectivity index (χ3v) is 4.31. The topological polar surface area (TPSA) is 50.4 Å². The van der Waals surface area contributed by atoms with E-state index in [1.807, 2.05) is 86.6 Å². The van der Waals surface area contributed by atoms with Crippen molar-refractivity contribution in [3.05, 3.63) is 89.5 Å². The summed E-state index contributed by atoms with van der Waals surface area (Å²) in [5.74, 6) is 0.537. The Morgan fingerprint density at radius 3 is 2.26 bits per heavy atom. The maximum Gasteiger partial charge on any atom is 0.243 e. The van der Waals surface area contributed by atoms with E-state index < -0.39 is 0 Å². The monoisotopic (exact) mass is 360 g/mol. The van der Waals surface area contributed by atoms with Crippen molar-refractivity contribution in [1.29, 1.82) is 0 Å². The Labute approximate surface area is 160 Å². The van der Waals surface area contributed by atoms with E-state index in [0.29, 0.717) is 18.0 Å². The van der Waals surface area contributed by atoms with Crippen LogP contribution in [0.1, 0.15) is 16.7 Å². The Morgan fingerprint density at radius 1 is 0.852 bits per heavy atom. The lowest BCUT2D eigenvalue weighted by atomic mass is 10.1. The number of aryl methyl sites for hydroxylation is 2. The Bertz CT molecular complexity index is 887. The quantitative estimate of drug-likeness (QED) is 0.628. The van der Waals surface area contributed by atoms with Crippen molar-refractivity contribution in [2.24, 2.45) is 0 Å². The Hall–Kier alpha value is -3.27. The minimum Gasteiger partial charge on any atom is -0.487 e. The molecular weight excluding hydrogens is 336 g/mol. The Kier molecular flexibility index (Phi) is 6.10. The summed E-state index contributed by atoms with van der Waals surface area (Å²) in [5.41, 5.74) is 4.99. The number of anilines is 2. The molecule has 0 bridgehead atoms. The fourth-order valence-corrected chi connectivity index (χ4v) is 2.89. The van der Waals surface area contributed by atoms with E-state index in [0.717, 1.165) is 22.4 Å². The summed E-state index contributed by atoms with van der Waals surface area (Å²) < 4.78 is 5.89. The minimum atomic E-state index is -0.117. The number of carbonyl (C=O) groups is 1. The predicted molar refractivity (Wildman–Crippen MR) is 110 cm³/mol. The van der Waals surface area contributed by atoms with Crippen LogP contribution in [0.15, 0.2) is 72.8 Å². The fourth-order valence-electron chi connectivity index (χ4n) is 2.89. The molecule has 3 aromatic carbocycles. The molecule has 0 aliphatic rings. The number of hydrogen-bond donors (Lipinski definition) is 2. The second-order valence-corrected chi connectivity index (χ2v) is 6.44. The van der Waals surface area contributed by atoms with Gasteiger partial charge in [0.1, 0.15) is 12.4 Å². The van der Waals surface area contributed by atoms with Gasteiger partial charge in [-0.05, 0) is 42.7 Å². The summed E-state index contributed by atoms with van der Waals surface area (Å²) in [6, 6.07) is 23.5. The van der Waals surface area contributed by atoms with Crippen LogP contribution in [0, 0.1) is 13.8 Å². The zero-order valence-corrected chi connectivity index (χ0v) is 15.7. The number of carbonyl (C=O) groups excluding carboxylic acids is 1. The SMILES string of the molecule is Cc1cccc(C)c1NCC(=O)Nc1ccccc1OCc1ccccc1. The van der Waals surface area contributed by atoms with Gasteiger partial charge in [0, 0.05) is 5.69 Å². The zero-order chi connectivity index (χ0) is 19.1. The summed E-state index contributed by atoms with van der Waals surface area (Å²) in [5, 5.41) is 6.16. The third-order valence-electron chi connectivity index (χ3n) is 4.31. The first-order valence-corrected chi connectivity index (χ1v) is 8.99. The van der Waals surface area contributed by atoms with Gasteiger partial charge in [-0.25, -0.2) is 0 Å². The number of nitrogens with one attached hydrogen (secondary N) is 2. The van der Waals surface area contributed by atoms with Crippen LogP contribution in [0.4, 0.5) is 11.4 Å². The fraction of sp³-hybridized carbons (Fsp3) is 0.174. The smallest absolute Gasteiger partial charge is 0.243 e. The standard InChI is InChI=1S/C23H24N2O2/c1-17-9-8-10-18(2)23(17)24-15-22(26)25-20-13-6-7-14-21(20)27-16-19-11-4-3-5-12-19/h3-14,24H,15-16H2,1-2H3,(H,25,26). The average molecular weight is 360 g/mol. The van der Waals surface area contributed by atoms with E-state index >= 15 is 0 Å². The van der Waals surface area contributed by atoms with E-state index in [9.17, 15) is 4.79 Å². The molecule has 3 rings (SSSR count). The van der Waals surface area contributed by atoms with Crippen LogP contribution < -0.4 is 15.4 Å². The van der Waals surface area contributed by atoms with Gasteiger partial charge >= 0.3 is 0 Å². The zero-order valence-electron chi connectivity index (χ0n) is 15.7. The van der Waals surface area contributed by atoms with Crippen LogP contribution in [0.2, 0.25) is 0 Å². The molecule has 4 heteroatoms. The van der Waals surface area contributed by atoms with Crippen molar-refractivity contribution in [2.75, 3.05) is 17.2 Å². The molecule has 0 heterocycles. The van der Waals surface area contributed by atoms with E-state index in [2.05, 4.69) is 10.6 Å². The average Bonchev–Trinajstić information content (AvgIpc) is 2.68. The third kappa shape index (κ3) is 5.11. The lowest BCUT2D eigenvalue weighted by molar-refractivity contribution is -0.114. The maximum atomic E-state index is 12.4. The molecule has 0 aliphatic carbocycles. The number of rotatable bonds is 7. The van der Waals surface area contributed by atoms with Crippen molar-refractivity contribution in [3.8, 4) is 5.75 Å². The first-order valence-electron chi connectivity index (χ1n) is 8.99. The number of hydrogen-bond acceptors (Lipinski definition) is 3. The first-order chi connectivity index (χ1) is 13.1. The van der Waals surface area contributed by atoms with Crippen molar-refractivity contribution < 1.29 is 9.53 Å². The lowest BCUT2D eigenvalue weighted by Crippen LogP contribution is -2.22. The van der Waals surface area contributed by atoms with Gasteiger partial charge in [0.15, 0.2) is 0 Å². The van der Waals surface area contributed by atoms with E-state index in [4.69, 9.17) is 4.74 Å². The molecule has 0 aliphatic heterocycles. The molecule has 0 saturated carbocycles. The first kappa shape index (κ1) is 18.5. The van der Waals surface area contributed by atoms with Crippen LogP contribution in [0.25, 0.3) is 0 Å². The van der Waals surface area contributed by atoms with Gasteiger partial charge < -0.3 is 15.4 Å². The molecule has 27 heavy (non-hydrogen) atoms. The molecule has 3 aromatic rings. The van der Waals surface area contributed by atoms with Crippen molar-refractivity contribution >= 4 is 17.3 Å². The Morgan fingerprint density at radius 2 is 1.52 bits per heavy atom. The highest BCUT2D eigenvalue weighted by Gasteiger charge is 2.09. The summed E-state index contributed by atoms with van der Waals surface area (Å²) in [4.78, 5) is 12.4. The second-order valence-electron chi connectivity index (χ2n) is 6.44. The number of benzene rings is 3. The molecular formula is C23H24N2O2. The normalized spacial score (nSPS) is 10.3. The Balaban J connectivity index is 1.61. The largest absolute Gasteiger partial charge is 0.487 e. The molecule has 2 N–H and O–H groups in total. The second kappa shape index (κ2) is 8.90. The molecule has 0 radical (unpaired) electrons. The minimum absolute atomic E-state index is 0.117. The predicted octanol–water partition coefficient (Wildman–Crippen LogP) is 4.93. The van der Waals surface area contributed by atoms with Crippen LogP contribution in [0.5, 0.6) is 5.75 Å². The highest BCUT2D eigenvalue weighted by molar-refractivity contribution is 5.95. The van der Waals surface area contributed by atoms with Gasteiger partial charge in [0.05, 0.1) is 12.2 Å².